The van der Waals surface area contributed by atoms with Gasteiger partial charge in [0.05, 0.1) is 36.7 Å². The van der Waals surface area contributed by atoms with Gasteiger partial charge in [0.1, 0.15) is 5.82 Å². The van der Waals surface area contributed by atoms with E-state index < -0.39 is 5.82 Å². The minimum atomic E-state index is -0.548. The van der Waals surface area contributed by atoms with Crippen LogP contribution in [0.15, 0.2) is 18.2 Å². The highest BCUT2D eigenvalue weighted by atomic mass is 35.5. The van der Waals surface area contributed by atoms with E-state index in [4.69, 9.17) is 63.3 Å². The number of rotatable bonds is 1. The minimum Gasteiger partial charge on any atom is -0.207 e. The molecule has 0 aromatic heterocycles. The number of halogens is 6. The molecule has 0 atom stereocenters. The highest BCUT2D eigenvalue weighted by molar-refractivity contribution is 6.56. The van der Waals surface area contributed by atoms with Gasteiger partial charge in [0, 0.05) is 11.1 Å². The summed E-state index contributed by atoms with van der Waals surface area (Å²) in [5.74, 6) is -0.548. The van der Waals surface area contributed by atoms with Crippen molar-refractivity contribution >= 4 is 58.0 Å². The first kappa shape index (κ1) is 15.7. The molecular weight excluding hydrogens is 366 g/mol. The predicted octanol–water partition coefficient (Wildman–Crippen LogP) is 6.63. The molecule has 0 aliphatic rings. The Morgan fingerprint density at radius 2 is 1.35 bits per heavy atom. The van der Waals surface area contributed by atoms with Gasteiger partial charge in [0.2, 0.25) is 0 Å². The molecule has 0 unspecified atom stereocenters. The topological polar surface area (TPSA) is 23.8 Å². The van der Waals surface area contributed by atoms with Gasteiger partial charge in [-0.3, -0.25) is 0 Å². The van der Waals surface area contributed by atoms with Crippen LogP contribution in [0.5, 0.6) is 0 Å². The second-order valence-electron chi connectivity index (χ2n) is 3.75. The Morgan fingerprint density at radius 1 is 0.850 bits per heavy atom. The Labute approximate surface area is 139 Å². The molecule has 0 N–H and O–H groups in total. The summed E-state index contributed by atoms with van der Waals surface area (Å²) in [5, 5.41) is 9.10. The third-order valence-corrected chi connectivity index (χ3v) is 4.86. The van der Waals surface area contributed by atoms with Gasteiger partial charge < -0.3 is 0 Å². The van der Waals surface area contributed by atoms with Crippen molar-refractivity contribution in [2.45, 2.75) is 0 Å². The molecule has 0 amide bonds. The molecule has 2 aromatic rings. The summed E-state index contributed by atoms with van der Waals surface area (Å²) in [5.41, 5.74) is 0.552. The maximum Gasteiger partial charge on any atom is 0.123 e. The third kappa shape index (κ3) is 2.57. The molecule has 7 heteroatoms. The van der Waals surface area contributed by atoms with Gasteiger partial charge in [0.15, 0.2) is 0 Å². The van der Waals surface area contributed by atoms with Crippen molar-refractivity contribution in [1.82, 2.24) is 0 Å². The molecule has 0 spiro atoms. The molecule has 0 fully saturated rings. The molecule has 0 heterocycles. The molecule has 2 aromatic carbocycles. The van der Waals surface area contributed by atoms with Crippen molar-refractivity contribution in [3.63, 3.8) is 0 Å². The second-order valence-corrected chi connectivity index (χ2v) is 5.64. The van der Waals surface area contributed by atoms with Gasteiger partial charge in [-0.1, -0.05) is 58.0 Å². The SMILES string of the molecule is N#Cc1ccc(F)cc1-c1c(Cl)c(Cl)c(Cl)c(Cl)c1Cl. The molecular formula is C13H3Cl5FN. The fraction of sp³-hybridized carbons (Fsp3) is 0. The summed E-state index contributed by atoms with van der Waals surface area (Å²) in [6, 6.07) is 5.53. The first-order valence-corrected chi connectivity index (χ1v) is 6.99. The Hall–Kier alpha value is -0.690. The van der Waals surface area contributed by atoms with Crippen LogP contribution in [0.25, 0.3) is 11.1 Å². The Bertz CT molecular complexity index is 722. The lowest BCUT2D eigenvalue weighted by Gasteiger charge is -2.13. The summed E-state index contributed by atoms with van der Waals surface area (Å²) in [6.07, 6.45) is 0. The van der Waals surface area contributed by atoms with Crippen molar-refractivity contribution in [2.75, 3.05) is 0 Å². The highest BCUT2D eigenvalue weighted by Gasteiger charge is 2.22. The Balaban J connectivity index is 2.91. The minimum absolute atomic E-state index is 0.00185. The number of nitrogens with zero attached hydrogens (tertiary/aromatic N) is 1. The lowest BCUT2D eigenvalue weighted by Crippen LogP contribution is -1.91. The lowest BCUT2D eigenvalue weighted by atomic mass is 10.00. The zero-order valence-electron chi connectivity index (χ0n) is 9.45. The lowest BCUT2D eigenvalue weighted by molar-refractivity contribution is 0.628. The number of hydrogen-bond donors (Lipinski definition) is 0. The molecule has 0 saturated heterocycles. The molecule has 0 aliphatic heterocycles. The van der Waals surface area contributed by atoms with E-state index in [2.05, 4.69) is 0 Å². The second kappa shape index (κ2) is 5.97. The molecule has 1 nitrogen and oxygen atoms in total. The van der Waals surface area contributed by atoms with E-state index >= 15 is 0 Å². The summed E-state index contributed by atoms with van der Waals surface area (Å²) in [6.45, 7) is 0. The number of hydrogen-bond acceptors (Lipinski definition) is 1. The molecule has 20 heavy (non-hydrogen) atoms. The van der Waals surface area contributed by atoms with Crippen LogP contribution in [-0.4, -0.2) is 0 Å². The summed E-state index contributed by atoms with van der Waals surface area (Å²) in [4.78, 5) is 0. The van der Waals surface area contributed by atoms with E-state index in [0.717, 1.165) is 12.1 Å². The van der Waals surface area contributed by atoms with E-state index in [1.165, 1.54) is 6.07 Å². The van der Waals surface area contributed by atoms with Crippen LogP contribution in [0, 0.1) is 17.1 Å². The van der Waals surface area contributed by atoms with Gasteiger partial charge in [-0.25, -0.2) is 4.39 Å². The zero-order chi connectivity index (χ0) is 15.0. The summed E-state index contributed by atoms with van der Waals surface area (Å²) in [7, 11) is 0. The Kier molecular flexibility index (Phi) is 4.69. The molecule has 102 valence electrons. The van der Waals surface area contributed by atoms with Crippen molar-refractivity contribution in [3.8, 4) is 17.2 Å². The molecule has 0 bridgehead atoms. The fourth-order valence-electron chi connectivity index (χ4n) is 1.66. The van der Waals surface area contributed by atoms with Gasteiger partial charge >= 0.3 is 0 Å². The molecule has 2 rings (SSSR count). The average molecular weight is 369 g/mol. The molecule has 0 aliphatic carbocycles. The van der Waals surface area contributed by atoms with Crippen LogP contribution in [0.3, 0.4) is 0 Å². The smallest absolute Gasteiger partial charge is 0.123 e. The van der Waals surface area contributed by atoms with E-state index in [0.29, 0.717) is 0 Å². The first-order valence-electron chi connectivity index (χ1n) is 5.10. The van der Waals surface area contributed by atoms with Crippen molar-refractivity contribution in [3.05, 3.63) is 54.7 Å². The van der Waals surface area contributed by atoms with E-state index in [1.807, 2.05) is 6.07 Å². The monoisotopic (exact) mass is 367 g/mol. The maximum atomic E-state index is 13.4. The van der Waals surface area contributed by atoms with Gasteiger partial charge in [-0.2, -0.15) is 5.26 Å². The van der Waals surface area contributed by atoms with E-state index in [-0.39, 0.29) is 41.8 Å². The maximum absolute atomic E-state index is 13.4. The van der Waals surface area contributed by atoms with Crippen LogP contribution < -0.4 is 0 Å². The number of benzene rings is 2. The first-order chi connectivity index (χ1) is 9.38. The van der Waals surface area contributed by atoms with Crippen LogP contribution in [-0.2, 0) is 0 Å². The normalized spacial score (nSPS) is 10.4. The van der Waals surface area contributed by atoms with Crippen molar-refractivity contribution < 1.29 is 4.39 Å². The molecule has 0 saturated carbocycles. The predicted molar refractivity (Wildman–Crippen MR) is 81.6 cm³/mol. The van der Waals surface area contributed by atoms with Crippen molar-refractivity contribution in [2.24, 2.45) is 0 Å². The highest BCUT2D eigenvalue weighted by Crippen LogP contribution is 2.48. The van der Waals surface area contributed by atoms with Gasteiger partial charge in [0.25, 0.3) is 0 Å². The van der Waals surface area contributed by atoms with E-state index in [1.54, 1.807) is 0 Å². The van der Waals surface area contributed by atoms with Crippen LogP contribution in [0.1, 0.15) is 5.56 Å². The Morgan fingerprint density at radius 3 is 1.85 bits per heavy atom. The quantitative estimate of drug-likeness (QED) is 0.409. The van der Waals surface area contributed by atoms with Gasteiger partial charge in [-0.15, -0.1) is 0 Å². The number of nitriles is 1. The fourth-order valence-corrected chi connectivity index (χ4v) is 3.00. The van der Waals surface area contributed by atoms with Crippen LogP contribution in [0.2, 0.25) is 25.1 Å². The van der Waals surface area contributed by atoms with Crippen LogP contribution in [0.4, 0.5) is 4.39 Å². The summed E-state index contributed by atoms with van der Waals surface area (Å²) < 4.78 is 13.4. The standard InChI is InChI=1S/C13H3Cl5FN/c14-9-8(10(15)12(17)13(18)11(9)16)7-3-6(19)2-1-5(7)4-20/h1-3H. The average Bonchev–Trinajstić information content (AvgIpc) is 2.43. The van der Waals surface area contributed by atoms with Crippen molar-refractivity contribution in [1.29, 1.82) is 5.26 Å². The van der Waals surface area contributed by atoms with Gasteiger partial charge in [-0.05, 0) is 18.2 Å². The molecule has 0 radical (unpaired) electrons. The van der Waals surface area contributed by atoms with Crippen LogP contribution >= 0.6 is 58.0 Å². The summed E-state index contributed by atoms with van der Waals surface area (Å²) >= 11 is 30.0. The van der Waals surface area contributed by atoms with E-state index in [9.17, 15) is 4.39 Å². The zero-order valence-corrected chi connectivity index (χ0v) is 13.2. The largest absolute Gasteiger partial charge is 0.207 e. The third-order valence-electron chi connectivity index (χ3n) is 2.58.